The van der Waals surface area contributed by atoms with Crippen LogP contribution in [0.1, 0.15) is 13.8 Å². The zero-order valence-corrected chi connectivity index (χ0v) is 6.42. The smallest absolute Gasteiger partial charge is 0.0988 e. The van der Waals surface area contributed by atoms with Crippen LogP contribution in [0.2, 0.25) is 0 Å². The Morgan fingerprint density at radius 1 is 1.57 bits per heavy atom. The Bertz CT molecular complexity index is 72.2. The molecular formula is C6H10Ti+2. The summed E-state index contributed by atoms with van der Waals surface area (Å²) in [4.78, 5) is 0. The summed E-state index contributed by atoms with van der Waals surface area (Å²) in [7, 11) is 0. The van der Waals surface area contributed by atoms with Crippen LogP contribution in [0.3, 0.4) is 0 Å². The molecule has 1 heteroatoms. The topological polar surface area (TPSA) is 0 Å². The van der Waals surface area contributed by atoms with Crippen molar-refractivity contribution in [3.63, 3.8) is 0 Å². The van der Waals surface area contributed by atoms with Crippen LogP contribution >= 0.6 is 0 Å². The van der Waals surface area contributed by atoms with E-state index in [-0.39, 0.29) is 21.7 Å². The molecule has 0 unspecified atom stereocenters. The van der Waals surface area contributed by atoms with E-state index in [9.17, 15) is 0 Å². The first-order valence-electron chi connectivity index (χ1n) is 2.06. The molecule has 0 nitrogen and oxygen atoms in total. The summed E-state index contributed by atoms with van der Waals surface area (Å²) < 4.78 is 0. The van der Waals surface area contributed by atoms with Gasteiger partial charge in [-0.05, 0) is 13.8 Å². The minimum Gasteiger partial charge on any atom is -0.0988 e. The zero-order chi connectivity index (χ0) is 4.99. The predicted molar refractivity (Wildman–Crippen MR) is 29.6 cm³/mol. The van der Waals surface area contributed by atoms with E-state index in [0.29, 0.717) is 0 Å². The van der Waals surface area contributed by atoms with Gasteiger partial charge in [-0.3, -0.25) is 0 Å². The van der Waals surface area contributed by atoms with Gasteiger partial charge in [0.15, 0.2) is 0 Å². The minimum atomic E-state index is 0. The molecule has 0 radical (unpaired) electrons. The van der Waals surface area contributed by atoms with Crippen molar-refractivity contribution in [1.29, 1.82) is 0 Å². The Morgan fingerprint density at radius 3 is 2.00 bits per heavy atom. The van der Waals surface area contributed by atoms with Crippen LogP contribution in [0.25, 0.3) is 0 Å². The van der Waals surface area contributed by atoms with E-state index < -0.39 is 0 Å². The Balaban J connectivity index is 0. The summed E-state index contributed by atoms with van der Waals surface area (Å²) in [6.45, 7) is 7.58. The molecule has 0 amide bonds. The molecule has 0 rings (SSSR count). The van der Waals surface area contributed by atoms with Crippen LogP contribution in [0.15, 0.2) is 24.3 Å². The van der Waals surface area contributed by atoms with Gasteiger partial charge in [-0.15, -0.1) is 0 Å². The van der Waals surface area contributed by atoms with Gasteiger partial charge in [0.2, 0.25) is 0 Å². The fourth-order valence-electron chi connectivity index (χ4n) is 0.118. The molecule has 0 atom stereocenters. The third kappa shape index (κ3) is 6.19. The van der Waals surface area contributed by atoms with E-state index in [1.807, 2.05) is 26.0 Å². The fourth-order valence-corrected chi connectivity index (χ4v) is 0.118. The number of hydrogen-bond acceptors (Lipinski definition) is 0. The number of hydrogen-bond donors (Lipinski definition) is 0. The molecule has 0 aliphatic rings. The quantitative estimate of drug-likeness (QED) is 0.376. The summed E-state index contributed by atoms with van der Waals surface area (Å²) in [5, 5.41) is 0. The minimum absolute atomic E-state index is 0. The SMILES string of the molecule is C=CC(C)=CC.[Ti+2]. The molecule has 0 heterocycles. The van der Waals surface area contributed by atoms with Gasteiger partial charge in [0, 0.05) is 0 Å². The average molecular weight is 130 g/mol. The Morgan fingerprint density at radius 2 is 2.00 bits per heavy atom. The largest absolute Gasteiger partial charge is 2.00 e. The van der Waals surface area contributed by atoms with Gasteiger partial charge < -0.3 is 0 Å². The predicted octanol–water partition coefficient (Wildman–Crippen LogP) is 2.14. The third-order valence-corrected chi connectivity index (χ3v) is 0.777. The second-order valence-electron chi connectivity index (χ2n) is 1.24. The van der Waals surface area contributed by atoms with Crippen LogP contribution in [-0.2, 0) is 21.7 Å². The molecule has 0 saturated heterocycles. The molecule has 0 saturated carbocycles. The summed E-state index contributed by atoms with van der Waals surface area (Å²) in [5.74, 6) is 0. The maximum atomic E-state index is 3.56. The van der Waals surface area contributed by atoms with Crippen molar-refractivity contribution in [3.05, 3.63) is 24.3 Å². The van der Waals surface area contributed by atoms with E-state index in [1.165, 1.54) is 5.57 Å². The van der Waals surface area contributed by atoms with Gasteiger partial charge in [-0.1, -0.05) is 24.3 Å². The van der Waals surface area contributed by atoms with E-state index in [1.54, 1.807) is 0 Å². The second-order valence-corrected chi connectivity index (χ2v) is 1.24. The molecule has 36 valence electrons. The molecule has 0 bridgehead atoms. The first-order chi connectivity index (χ1) is 2.81. The molecule has 0 aliphatic carbocycles. The molecule has 0 aromatic carbocycles. The van der Waals surface area contributed by atoms with Crippen LogP contribution in [0.5, 0.6) is 0 Å². The van der Waals surface area contributed by atoms with Crippen molar-refractivity contribution in [3.8, 4) is 0 Å². The van der Waals surface area contributed by atoms with Crippen LogP contribution in [0.4, 0.5) is 0 Å². The number of allylic oxidation sites excluding steroid dienone is 3. The summed E-state index contributed by atoms with van der Waals surface area (Å²) >= 11 is 0. The van der Waals surface area contributed by atoms with Crippen molar-refractivity contribution in [2.24, 2.45) is 0 Å². The Labute approximate surface area is 60.2 Å². The first kappa shape index (κ1) is 10.2. The molecule has 0 aromatic heterocycles. The van der Waals surface area contributed by atoms with Crippen LogP contribution in [-0.4, -0.2) is 0 Å². The van der Waals surface area contributed by atoms with Gasteiger partial charge in [-0.2, -0.15) is 0 Å². The normalized spacial score (nSPS) is 9.71. The standard InChI is InChI=1S/C6H10.Ti/c1-4-6(3)5-2;/h4-5H,1H2,2-3H3;/q;+2. The molecule has 0 fully saturated rings. The van der Waals surface area contributed by atoms with Gasteiger partial charge in [-0.25, -0.2) is 0 Å². The number of rotatable bonds is 1. The summed E-state index contributed by atoms with van der Waals surface area (Å²) in [5.41, 5.74) is 1.23. The van der Waals surface area contributed by atoms with E-state index in [0.717, 1.165) is 0 Å². The van der Waals surface area contributed by atoms with Crippen molar-refractivity contribution in [1.82, 2.24) is 0 Å². The van der Waals surface area contributed by atoms with Gasteiger partial charge in [0.05, 0.1) is 0 Å². The average Bonchev–Trinajstić information content (AvgIpc) is 1.65. The Kier molecular flexibility index (Phi) is 9.05. The molecule has 0 spiro atoms. The fraction of sp³-hybridized carbons (Fsp3) is 0.333. The van der Waals surface area contributed by atoms with E-state index in [4.69, 9.17) is 0 Å². The van der Waals surface area contributed by atoms with Crippen LogP contribution in [0, 0.1) is 0 Å². The van der Waals surface area contributed by atoms with Crippen molar-refractivity contribution >= 4 is 0 Å². The molecular weight excluding hydrogens is 120 g/mol. The third-order valence-electron chi connectivity index (χ3n) is 0.777. The van der Waals surface area contributed by atoms with Crippen LogP contribution < -0.4 is 0 Å². The summed E-state index contributed by atoms with van der Waals surface area (Å²) in [6.07, 6.45) is 3.85. The van der Waals surface area contributed by atoms with Crippen molar-refractivity contribution < 1.29 is 21.7 Å². The van der Waals surface area contributed by atoms with Gasteiger partial charge >= 0.3 is 21.7 Å². The van der Waals surface area contributed by atoms with Crippen molar-refractivity contribution in [2.45, 2.75) is 13.8 Å². The molecule has 7 heavy (non-hydrogen) atoms. The van der Waals surface area contributed by atoms with E-state index in [2.05, 4.69) is 6.58 Å². The molecule has 0 aromatic rings. The summed E-state index contributed by atoms with van der Waals surface area (Å²) in [6, 6.07) is 0. The zero-order valence-electron chi connectivity index (χ0n) is 4.86. The maximum absolute atomic E-state index is 3.56. The van der Waals surface area contributed by atoms with E-state index >= 15 is 0 Å². The first-order valence-corrected chi connectivity index (χ1v) is 2.06. The Hall–Kier alpha value is 0.194. The van der Waals surface area contributed by atoms with Gasteiger partial charge in [0.25, 0.3) is 0 Å². The monoisotopic (exact) mass is 130 g/mol. The van der Waals surface area contributed by atoms with Crippen molar-refractivity contribution in [2.75, 3.05) is 0 Å². The maximum Gasteiger partial charge on any atom is 2.00 e. The second kappa shape index (κ2) is 6.19. The van der Waals surface area contributed by atoms with Gasteiger partial charge in [0.1, 0.15) is 0 Å². The molecule has 0 N–H and O–H groups in total. The molecule has 0 aliphatic heterocycles.